The van der Waals surface area contributed by atoms with Gasteiger partial charge in [0.1, 0.15) is 5.75 Å². The molecule has 94 valence electrons. The van der Waals surface area contributed by atoms with Crippen LogP contribution in [0, 0.1) is 0 Å². The summed E-state index contributed by atoms with van der Waals surface area (Å²) in [5, 5.41) is 18.2. The summed E-state index contributed by atoms with van der Waals surface area (Å²) in [4.78, 5) is 0. The van der Waals surface area contributed by atoms with Crippen molar-refractivity contribution < 1.29 is 19.5 Å². The van der Waals surface area contributed by atoms with E-state index in [1.807, 2.05) is 20.8 Å². The van der Waals surface area contributed by atoms with Crippen molar-refractivity contribution in [2.45, 2.75) is 33.0 Å². The Hall–Kier alpha value is -1.04. The maximum absolute atomic E-state index is 9.11. The van der Waals surface area contributed by atoms with E-state index >= 15 is 0 Å². The Labute approximate surface area is 102 Å². The molecular formula is C12H19BO4. The number of rotatable bonds is 4. The predicted octanol–water partition coefficient (Wildman–Crippen LogP) is 0.690. The van der Waals surface area contributed by atoms with Crippen LogP contribution in [0.25, 0.3) is 0 Å². The fourth-order valence-corrected chi connectivity index (χ4v) is 1.37. The molecule has 2 N–H and O–H groups in total. The molecule has 17 heavy (non-hydrogen) atoms. The van der Waals surface area contributed by atoms with Crippen molar-refractivity contribution in [1.82, 2.24) is 0 Å². The van der Waals surface area contributed by atoms with Crippen molar-refractivity contribution in [3.63, 3.8) is 0 Å². The van der Waals surface area contributed by atoms with Crippen LogP contribution in [-0.4, -0.2) is 29.9 Å². The molecule has 0 radical (unpaired) electrons. The van der Waals surface area contributed by atoms with Crippen molar-refractivity contribution >= 4 is 12.6 Å². The molecule has 0 bridgehead atoms. The molecule has 1 rings (SSSR count). The average molecular weight is 238 g/mol. The molecule has 5 heteroatoms. The zero-order valence-electron chi connectivity index (χ0n) is 10.7. The van der Waals surface area contributed by atoms with E-state index in [1.54, 1.807) is 25.3 Å². The summed E-state index contributed by atoms with van der Waals surface area (Å²) in [5.74, 6) is 0.679. The van der Waals surface area contributed by atoms with Crippen LogP contribution < -0.4 is 10.2 Å². The van der Waals surface area contributed by atoms with Gasteiger partial charge in [-0.15, -0.1) is 0 Å². The van der Waals surface area contributed by atoms with Gasteiger partial charge in [0.15, 0.2) is 0 Å². The lowest BCUT2D eigenvalue weighted by molar-refractivity contribution is -0.0156. The van der Waals surface area contributed by atoms with E-state index in [-0.39, 0.29) is 5.60 Å². The molecular weight excluding hydrogens is 219 g/mol. The van der Waals surface area contributed by atoms with E-state index in [2.05, 4.69) is 0 Å². The van der Waals surface area contributed by atoms with Crippen LogP contribution in [0.4, 0.5) is 0 Å². The molecule has 0 aliphatic rings. The SMILES string of the molecule is COc1ccc(B(O)O)cc1COC(C)(C)C. The number of hydrogen-bond acceptors (Lipinski definition) is 4. The van der Waals surface area contributed by atoms with Gasteiger partial charge in [0.25, 0.3) is 0 Å². The van der Waals surface area contributed by atoms with Gasteiger partial charge in [-0.3, -0.25) is 0 Å². The first-order valence-electron chi connectivity index (χ1n) is 5.50. The van der Waals surface area contributed by atoms with Crippen LogP contribution in [0.15, 0.2) is 18.2 Å². The first kappa shape index (κ1) is 14.0. The lowest BCUT2D eigenvalue weighted by Crippen LogP contribution is -2.30. The average Bonchev–Trinajstić information content (AvgIpc) is 2.24. The quantitative estimate of drug-likeness (QED) is 0.757. The number of ether oxygens (including phenoxy) is 2. The van der Waals surface area contributed by atoms with Crippen LogP contribution in [0.1, 0.15) is 26.3 Å². The predicted molar refractivity (Wildman–Crippen MR) is 67.4 cm³/mol. The highest BCUT2D eigenvalue weighted by Crippen LogP contribution is 2.20. The number of benzene rings is 1. The van der Waals surface area contributed by atoms with Crippen molar-refractivity contribution in [2.75, 3.05) is 7.11 Å². The van der Waals surface area contributed by atoms with E-state index in [9.17, 15) is 0 Å². The largest absolute Gasteiger partial charge is 0.496 e. The molecule has 0 unspecified atom stereocenters. The highest BCUT2D eigenvalue weighted by molar-refractivity contribution is 6.58. The number of hydrogen-bond donors (Lipinski definition) is 2. The van der Waals surface area contributed by atoms with Gasteiger partial charge in [-0.2, -0.15) is 0 Å². The van der Waals surface area contributed by atoms with Gasteiger partial charge in [-0.25, -0.2) is 0 Å². The van der Waals surface area contributed by atoms with E-state index in [4.69, 9.17) is 19.5 Å². The molecule has 0 amide bonds. The molecule has 0 aliphatic carbocycles. The minimum Gasteiger partial charge on any atom is -0.496 e. The fraction of sp³-hybridized carbons (Fsp3) is 0.500. The Balaban J connectivity index is 2.90. The van der Waals surface area contributed by atoms with Crippen molar-refractivity contribution in [3.05, 3.63) is 23.8 Å². The summed E-state index contributed by atoms with van der Waals surface area (Å²) < 4.78 is 10.9. The summed E-state index contributed by atoms with van der Waals surface area (Å²) in [5.41, 5.74) is 0.977. The van der Waals surface area contributed by atoms with Gasteiger partial charge in [0.2, 0.25) is 0 Å². The highest BCUT2D eigenvalue weighted by atomic mass is 16.5. The van der Waals surface area contributed by atoms with E-state index in [0.717, 1.165) is 5.56 Å². The monoisotopic (exact) mass is 238 g/mol. The van der Waals surface area contributed by atoms with Crippen LogP contribution in [0.2, 0.25) is 0 Å². The molecule has 0 saturated heterocycles. The van der Waals surface area contributed by atoms with Gasteiger partial charge >= 0.3 is 7.12 Å². The standard InChI is InChI=1S/C12H19BO4/c1-12(2,3)17-8-9-7-10(13(14)15)5-6-11(9)16-4/h5-7,14-15H,8H2,1-4H3. The van der Waals surface area contributed by atoms with Crippen LogP contribution in [0.3, 0.4) is 0 Å². The Morgan fingerprint density at radius 2 is 1.88 bits per heavy atom. The molecule has 1 aromatic rings. The molecule has 0 heterocycles. The molecule has 0 saturated carbocycles. The molecule has 0 atom stereocenters. The minimum absolute atomic E-state index is 0.251. The molecule has 0 spiro atoms. The van der Waals surface area contributed by atoms with Crippen LogP contribution in [0.5, 0.6) is 5.75 Å². The second-order valence-corrected chi connectivity index (χ2v) is 4.85. The minimum atomic E-state index is -1.48. The van der Waals surface area contributed by atoms with Gasteiger partial charge in [0, 0.05) is 5.56 Å². The molecule has 1 aromatic carbocycles. The highest BCUT2D eigenvalue weighted by Gasteiger charge is 2.16. The van der Waals surface area contributed by atoms with Gasteiger partial charge < -0.3 is 19.5 Å². The smallest absolute Gasteiger partial charge is 0.488 e. The third-order valence-corrected chi connectivity index (χ3v) is 2.26. The lowest BCUT2D eigenvalue weighted by Gasteiger charge is -2.20. The Morgan fingerprint density at radius 1 is 1.24 bits per heavy atom. The Kier molecular flexibility index (Phi) is 4.57. The van der Waals surface area contributed by atoms with E-state index in [0.29, 0.717) is 17.8 Å². The first-order valence-corrected chi connectivity index (χ1v) is 5.50. The second-order valence-electron chi connectivity index (χ2n) is 4.85. The lowest BCUT2D eigenvalue weighted by atomic mass is 9.79. The third kappa shape index (κ3) is 4.38. The second kappa shape index (κ2) is 5.53. The fourth-order valence-electron chi connectivity index (χ4n) is 1.37. The maximum Gasteiger partial charge on any atom is 0.488 e. The van der Waals surface area contributed by atoms with Crippen molar-refractivity contribution in [3.8, 4) is 5.75 Å². The molecule has 0 fully saturated rings. The van der Waals surface area contributed by atoms with E-state index < -0.39 is 7.12 Å². The molecule has 4 nitrogen and oxygen atoms in total. The first-order chi connectivity index (χ1) is 7.83. The molecule has 0 aromatic heterocycles. The van der Waals surface area contributed by atoms with Crippen LogP contribution >= 0.6 is 0 Å². The summed E-state index contributed by atoms with van der Waals surface area (Å²) in [7, 11) is 0.0969. The zero-order chi connectivity index (χ0) is 13.1. The van der Waals surface area contributed by atoms with Crippen molar-refractivity contribution in [2.24, 2.45) is 0 Å². The molecule has 0 aliphatic heterocycles. The van der Waals surface area contributed by atoms with E-state index in [1.165, 1.54) is 0 Å². The summed E-state index contributed by atoms with van der Waals surface area (Å²) >= 11 is 0. The summed E-state index contributed by atoms with van der Waals surface area (Å²) in [6, 6.07) is 5.00. The van der Waals surface area contributed by atoms with Gasteiger partial charge in [-0.1, -0.05) is 12.1 Å². The third-order valence-electron chi connectivity index (χ3n) is 2.26. The Morgan fingerprint density at radius 3 is 2.35 bits per heavy atom. The van der Waals surface area contributed by atoms with Crippen LogP contribution in [-0.2, 0) is 11.3 Å². The van der Waals surface area contributed by atoms with Crippen molar-refractivity contribution in [1.29, 1.82) is 0 Å². The zero-order valence-corrected chi connectivity index (χ0v) is 10.7. The van der Waals surface area contributed by atoms with Gasteiger partial charge in [0.05, 0.1) is 19.3 Å². The summed E-state index contributed by atoms with van der Waals surface area (Å²) in [6.45, 7) is 6.26. The summed E-state index contributed by atoms with van der Waals surface area (Å²) in [6.07, 6.45) is 0. The maximum atomic E-state index is 9.11. The topological polar surface area (TPSA) is 58.9 Å². The normalized spacial score (nSPS) is 11.4. The Bertz CT molecular complexity index is 371. The van der Waals surface area contributed by atoms with Gasteiger partial charge in [-0.05, 0) is 32.3 Å². The number of methoxy groups -OCH3 is 1.